The number of ether oxygens (including phenoxy) is 1. The first-order valence-corrected chi connectivity index (χ1v) is 11.3. The topological polar surface area (TPSA) is 67.7 Å². The van der Waals surface area contributed by atoms with Gasteiger partial charge in [-0.25, -0.2) is 9.78 Å². The number of para-hydroxylation sites is 2. The fraction of sp³-hybridized carbons (Fsp3) is 0.261. The number of imidazole rings is 1. The molecule has 2 aromatic carbocycles. The van der Waals surface area contributed by atoms with Crippen LogP contribution in [0.4, 0.5) is 5.69 Å². The van der Waals surface area contributed by atoms with Gasteiger partial charge in [0.2, 0.25) is 0 Å². The van der Waals surface area contributed by atoms with Crippen molar-refractivity contribution in [2.24, 2.45) is 0 Å². The van der Waals surface area contributed by atoms with Crippen molar-refractivity contribution >= 4 is 29.3 Å². The summed E-state index contributed by atoms with van der Waals surface area (Å²) in [6, 6.07) is 19.6. The number of benzene rings is 2. The Labute approximate surface area is 185 Å². The van der Waals surface area contributed by atoms with Crippen LogP contribution in [0.25, 0.3) is 5.69 Å². The fourth-order valence-electron chi connectivity index (χ4n) is 3.59. The Balaban J connectivity index is 1.35. The first kappa shape index (κ1) is 21.0. The van der Waals surface area contributed by atoms with Gasteiger partial charge in [0.1, 0.15) is 0 Å². The van der Waals surface area contributed by atoms with E-state index in [9.17, 15) is 9.59 Å². The van der Waals surface area contributed by atoms with Crippen LogP contribution in [0.1, 0.15) is 10.5 Å². The number of hydrogen-bond donors (Lipinski definition) is 0. The van der Waals surface area contributed by atoms with Gasteiger partial charge in [-0.2, -0.15) is 0 Å². The van der Waals surface area contributed by atoms with Gasteiger partial charge in [-0.1, -0.05) is 48.2 Å². The van der Waals surface area contributed by atoms with Crippen LogP contribution >= 0.6 is 11.8 Å². The second-order valence-corrected chi connectivity index (χ2v) is 7.85. The van der Waals surface area contributed by atoms with E-state index in [1.165, 1.54) is 18.0 Å². The number of anilines is 1. The molecule has 0 saturated carbocycles. The normalized spacial score (nSPS) is 13.8. The summed E-state index contributed by atoms with van der Waals surface area (Å²) in [6.45, 7) is 2.43. The molecule has 8 heteroatoms. The van der Waals surface area contributed by atoms with Gasteiger partial charge in [0, 0.05) is 37.6 Å². The fourth-order valence-corrected chi connectivity index (χ4v) is 4.14. The van der Waals surface area contributed by atoms with Crippen molar-refractivity contribution in [2.75, 3.05) is 43.9 Å². The highest BCUT2D eigenvalue weighted by molar-refractivity contribution is 7.98. The molecule has 31 heavy (non-hydrogen) atoms. The third-order valence-electron chi connectivity index (χ3n) is 5.22. The minimum Gasteiger partial charge on any atom is -0.451 e. The summed E-state index contributed by atoms with van der Waals surface area (Å²) in [5.41, 5.74) is 2.27. The highest BCUT2D eigenvalue weighted by Gasteiger charge is 2.24. The van der Waals surface area contributed by atoms with Crippen molar-refractivity contribution in [2.45, 2.75) is 5.16 Å². The Hall–Kier alpha value is -3.26. The molecule has 0 aliphatic carbocycles. The lowest BCUT2D eigenvalue weighted by molar-refractivity contribution is -0.134. The quantitative estimate of drug-likeness (QED) is 0.437. The molecule has 0 radical (unpaired) electrons. The number of carbonyl (C=O) groups excluding carboxylic acids is 2. The summed E-state index contributed by atoms with van der Waals surface area (Å²) in [4.78, 5) is 33.6. The third kappa shape index (κ3) is 4.74. The maximum absolute atomic E-state index is 12.7. The van der Waals surface area contributed by atoms with Crippen LogP contribution in [0.3, 0.4) is 0 Å². The molecule has 0 atom stereocenters. The zero-order valence-electron chi connectivity index (χ0n) is 17.3. The van der Waals surface area contributed by atoms with E-state index in [0.717, 1.165) is 24.5 Å². The molecule has 1 aliphatic heterocycles. The monoisotopic (exact) mass is 436 g/mol. The van der Waals surface area contributed by atoms with E-state index in [1.807, 2.05) is 54.8 Å². The smallest absolute Gasteiger partial charge is 0.357 e. The molecular weight excluding hydrogens is 412 g/mol. The largest absolute Gasteiger partial charge is 0.451 e. The Morgan fingerprint density at radius 3 is 2.16 bits per heavy atom. The number of nitrogens with zero attached hydrogens (tertiary/aromatic N) is 4. The average Bonchev–Trinajstić information content (AvgIpc) is 3.28. The molecule has 4 rings (SSSR count). The Bertz CT molecular complexity index is 1030. The number of aromatic nitrogens is 2. The summed E-state index contributed by atoms with van der Waals surface area (Å²) in [5, 5.41) is 0.682. The third-order valence-corrected chi connectivity index (χ3v) is 5.87. The zero-order chi connectivity index (χ0) is 21.6. The second kappa shape index (κ2) is 9.70. The number of thioether (sulfide) groups is 1. The minimum atomic E-state index is -0.562. The van der Waals surface area contributed by atoms with Crippen molar-refractivity contribution in [3.8, 4) is 5.69 Å². The summed E-state index contributed by atoms with van der Waals surface area (Å²) < 4.78 is 7.11. The zero-order valence-corrected chi connectivity index (χ0v) is 18.1. The number of carbonyl (C=O) groups is 2. The molecule has 1 fully saturated rings. The van der Waals surface area contributed by atoms with E-state index in [2.05, 4.69) is 22.0 Å². The van der Waals surface area contributed by atoms with Gasteiger partial charge < -0.3 is 14.5 Å². The predicted molar refractivity (Wildman–Crippen MR) is 121 cm³/mol. The molecule has 7 nitrogen and oxygen atoms in total. The highest BCUT2D eigenvalue weighted by atomic mass is 32.2. The molecule has 0 unspecified atom stereocenters. The van der Waals surface area contributed by atoms with Gasteiger partial charge >= 0.3 is 5.97 Å². The maximum Gasteiger partial charge on any atom is 0.357 e. The molecule has 0 bridgehead atoms. The first-order chi connectivity index (χ1) is 15.2. The lowest BCUT2D eigenvalue weighted by Crippen LogP contribution is -2.49. The SMILES string of the molecule is CSc1ncc(C(=O)OCC(=O)N2CCN(c3ccccc3)CC2)n1-c1ccccc1. The number of piperazine rings is 1. The van der Waals surface area contributed by atoms with Gasteiger partial charge in [-0.15, -0.1) is 0 Å². The Kier molecular flexibility index (Phi) is 6.57. The van der Waals surface area contributed by atoms with E-state index in [4.69, 9.17) is 4.74 Å². The van der Waals surface area contributed by atoms with E-state index in [0.29, 0.717) is 23.9 Å². The molecule has 3 aromatic rings. The van der Waals surface area contributed by atoms with Crippen LogP contribution < -0.4 is 4.90 Å². The number of esters is 1. The molecular formula is C23H24N4O3S. The van der Waals surface area contributed by atoms with E-state index < -0.39 is 5.97 Å². The first-order valence-electron chi connectivity index (χ1n) is 10.1. The second-order valence-electron chi connectivity index (χ2n) is 7.08. The summed E-state index contributed by atoms with van der Waals surface area (Å²) >= 11 is 1.44. The van der Waals surface area contributed by atoms with Crippen molar-refractivity contribution < 1.29 is 14.3 Å². The van der Waals surface area contributed by atoms with Gasteiger partial charge in [0.15, 0.2) is 17.5 Å². The maximum atomic E-state index is 12.7. The van der Waals surface area contributed by atoms with Crippen LogP contribution in [0.15, 0.2) is 72.0 Å². The molecule has 1 aromatic heterocycles. The molecule has 2 heterocycles. The van der Waals surface area contributed by atoms with Crippen molar-refractivity contribution in [3.63, 3.8) is 0 Å². The van der Waals surface area contributed by atoms with Crippen LogP contribution in [0.2, 0.25) is 0 Å². The van der Waals surface area contributed by atoms with Crippen LogP contribution in [0.5, 0.6) is 0 Å². The van der Waals surface area contributed by atoms with Crippen LogP contribution in [-0.4, -0.2) is 65.4 Å². The van der Waals surface area contributed by atoms with E-state index >= 15 is 0 Å². The van der Waals surface area contributed by atoms with Crippen molar-refractivity contribution in [1.29, 1.82) is 0 Å². The predicted octanol–water partition coefficient (Wildman–Crippen LogP) is 3.10. The summed E-state index contributed by atoms with van der Waals surface area (Å²) in [6.07, 6.45) is 3.39. The summed E-state index contributed by atoms with van der Waals surface area (Å²) in [5.74, 6) is -0.746. The molecule has 0 N–H and O–H groups in total. The Morgan fingerprint density at radius 2 is 1.55 bits per heavy atom. The lowest BCUT2D eigenvalue weighted by Gasteiger charge is -2.36. The van der Waals surface area contributed by atoms with Crippen molar-refractivity contribution in [3.05, 3.63) is 72.6 Å². The molecule has 160 valence electrons. The Morgan fingerprint density at radius 1 is 0.935 bits per heavy atom. The molecule has 1 aliphatic rings. The number of hydrogen-bond acceptors (Lipinski definition) is 6. The van der Waals surface area contributed by atoms with E-state index in [1.54, 1.807) is 9.47 Å². The molecule has 1 amide bonds. The summed E-state index contributed by atoms with van der Waals surface area (Å²) in [7, 11) is 0. The number of rotatable bonds is 6. The molecule has 1 saturated heterocycles. The van der Waals surface area contributed by atoms with Crippen molar-refractivity contribution in [1.82, 2.24) is 14.5 Å². The van der Waals surface area contributed by atoms with Gasteiger partial charge in [0.25, 0.3) is 5.91 Å². The lowest BCUT2D eigenvalue weighted by atomic mass is 10.2. The van der Waals surface area contributed by atoms with Crippen LogP contribution in [0, 0.1) is 0 Å². The van der Waals surface area contributed by atoms with Crippen LogP contribution in [-0.2, 0) is 9.53 Å². The van der Waals surface area contributed by atoms with E-state index in [-0.39, 0.29) is 12.5 Å². The van der Waals surface area contributed by atoms with Gasteiger partial charge in [-0.3, -0.25) is 9.36 Å². The van der Waals surface area contributed by atoms with Gasteiger partial charge in [0.05, 0.1) is 6.20 Å². The average molecular weight is 437 g/mol. The molecule has 0 spiro atoms. The van der Waals surface area contributed by atoms with Gasteiger partial charge in [-0.05, 0) is 30.5 Å². The standard InChI is InChI=1S/C23H24N4O3S/c1-31-23-24-16-20(27(23)19-10-6-3-7-11-19)22(29)30-17-21(28)26-14-12-25(13-15-26)18-8-4-2-5-9-18/h2-11,16H,12-15,17H2,1H3. The number of amides is 1. The highest BCUT2D eigenvalue weighted by Crippen LogP contribution is 2.22. The minimum absolute atomic E-state index is 0.183.